The second-order valence-corrected chi connectivity index (χ2v) is 6.39. The van der Waals surface area contributed by atoms with Crippen molar-refractivity contribution in [3.05, 3.63) is 29.7 Å². The van der Waals surface area contributed by atoms with E-state index in [-0.39, 0.29) is 11.4 Å². The van der Waals surface area contributed by atoms with Gasteiger partial charge in [0.15, 0.2) is 5.82 Å². The highest BCUT2D eigenvalue weighted by molar-refractivity contribution is 7.89. The molecular weight excluding hydrogens is 294 g/mol. The normalized spacial score (nSPS) is 12.0. The van der Waals surface area contributed by atoms with Gasteiger partial charge in [-0.15, -0.1) is 0 Å². The summed E-state index contributed by atoms with van der Waals surface area (Å²) in [6, 6.07) is 1.58. The summed E-state index contributed by atoms with van der Waals surface area (Å²) in [6.07, 6.45) is 2.49. The summed E-state index contributed by atoms with van der Waals surface area (Å²) in [5.41, 5.74) is 6.42. The number of rotatable bonds is 7. The van der Waals surface area contributed by atoms with E-state index < -0.39 is 10.0 Å². The molecule has 9 heteroatoms. The van der Waals surface area contributed by atoms with Gasteiger partial charge < -0.3 is 14.8 Å². The van der Waals surface area contributed by atoms with E-state index in [1.165, 1.54) is 0 Å². The zero-order valence-corrected chi connectivity index (χ0v) is 12.9. The molecule has 0 saturated carbocycles. The van der Waals surface area contributed by atoms with Gasteiger partial charge >= 0.3 is 0 Å². The Kier molecular flexibility index (Phi) is 4.76. The van der Waals surface area contributed by atoms with Crippen LogP contribution in [-0.4, -0.2) is 23.1 Å². The molecule has 0 aliphatic rings. The number of aromatic nitrogens is 3. The highest BCUT2D eigenvalue weighted by Crippen LogP contribution is 2.15. The number of nitrogens with two attached hydrogens (primary N) is 1. The van der Waals surface area contributed by atoms with Crippen LogP contribution in [0.2, 0.25) is 0 Å². The summed E-state index contributed by atoms with van der Waals surface area (Å²) in [7, 11) is -3.63. The van der Waals surface area contributed by atoms with E-state index in [9.17, 15) is 8.42 Å². The van der Waals surface area contributed by atoms with E-state index in [2.05, 4.69) is 14.9 Å². The van der Waals surface area contributed by atoms with Crippen molar-refractivity contribution in [3.63, 3.8) is 0 Å². The van der Waals surface area contributed by atoms with Crippen molar-refractivity contribution in [1.29, 1.82) is 0 Å². The molecule has 2 rings (SSSR count). The van der Waals surface area contributed by atoms with Crippen LogP contribution < -0.4 is 10.5 Å². The van der Waals surface area contributed by atoms with Gasteiger partial charge in [-0.25, -0.2) is 13.1 Å². The van der Waals surface area contributed by atoms with Gasteiger partial charge in [0.1, 0.15) is 0 Å². The number of aryl methyl sites for hydroxylation is 2. The average Bonchev–Trinajstić information content (AvgIpc) is 3.04. The Labute approximate surface area is 123 Å². The largest absolute Gasteiger partial charge is 0.349 e. The molecule has 0 spiro atoms. The number of hydrogen-bond donors (Lipinski definition) is 2. The molecule has 2 aromatic rings. The van der Waals surface area contributed by atoms with Crippen molar-refractivity contribution >= 4 is 10.0 Å². The molecule has 0 atom stereocenters. The standard InChI is InChI=1S/C12H19N5O3S/c1-3-4-17-8-11(5-10(17)6-13)21(18,19)14-7-12-15-9(2)20-16-12/h5,8,14H,3-4,6-7,13H2,1-2H3. The lowest BCUT2D eigenvalue weighted by Gasteiger charge is -2.04. The smallest absolute Gasteiger partial charge is 0.242 e. The first-order valence-corrected chi connectivity index (χ1v) is 8.12. The Morgan fingerprint density at radius 1 is 1.48 bits per heavy atom. The van der Waals surface area contributed by atoms with Gasteiger partial charge in [0.25, 0.3) is 0 Å². The summed E-state index contributed by atoms with van der Waals surface area (Å²) < 4.78 is 33.6. The van der Waals surface area contributed by atoms with Gasteiger partial charge in [0.05, 0.1) is 11.4 Å². The molecule has 0 unspecified atom stereocenters. The second-order valence-electron chi connectivity index (χ2n) is 4.62. The molecule has 0 amide bonds. The van der Waals surface area contributed by atoms with E-state index in [1.807, 2.05) is 11.5 Å². The molecule has 0 saturated heterocycles. The van der Waals surface area contributed by atoms with Crippen LogP contribution in [-0.2, 0) is 29.7 Å². The molecule has 2 heterocycles. The van der Waals surface area contributed by atoms with Crippen molar-refractivity contribution in [3.8, 4) is 0 Å². The molecule has 0 aliphatic heterocycles. The van der Waals surface area contributed by atoms with Crippen LogP contribution in [0.5, 0.6) is 0 Å². The number of nitrogens with one attached hydrogen (secondary N) is 1. The van der Waals surface area contributed by atoms with Gasteiger partial charge in [-0.2, -0.15) is 4.98 Å². The second kappa shape index (κ2) is 6.37. The van der Waals surface area contributed by atoms with E-state index in [0.717, 1.165) is 18.7 Å². The first-order valence-electron chi connectivity index (χ1n) is 6.64. The minimum absolute atomic E-state index is 0.0173. The number of nitrogens with zero attached hydrogens (tertiary/aromatic N) is 3. The third-order valence-corrected chi connectivity index (χ3v) is 4.30. The maximum absolute atomic E-state index is 12.2. The van der Waals surface area contributed by atoms with Crippen molar-refractivity contribution in [2.45, 2.75) is 44.8 Å². The fourth-order valence-electron chi connectivity index (χ4n) is 1.95. The Hall–Kier alpha value is -1.71. The van der Waals surface area contributed by atoms with Gasteiger partial charge in [0.2, 0.25) is 15.9 Å². The average molecular weight is 313 g/mol. The zero-order valence-electron chi connectivity index (χ0n) is 12.0. The fraction of sp³-hybridized carbons (Fsp3) is 0.500. The molecule has 21 heavy (non-hydrogen) atoms. The van der Waals surface area contributed by atoms with Crippen LogP contribution >= 0.6 is 0 Å². The quantitative estimate of drug-likeness (QED) is 0.770. The topological polar surface area (TPSA) is 116 Å². The first-order chi connectivity index (χ1) is 9.96. The Morgan fingerprint density at radius 3 is 2.81 bits per heavy atom. The van der Waals surface area contributed by atoms with Crippen LogP contribution in [0.1, 0.15) is 30.8 Å². The molecule has 2 aromatic heterocycles. The van der Waals surface area contributed by atoms with Gasteiger partial charge in [-0.1, -0.05) is 12.1 Å². The molecule has 0 aliphatic carbocycles. The Morgan fingerprint density at radius 2 is 2.24 bits per heavy atom. The maximum Gasteiger partial charge on any atom is 0.242 e. The predicted octanol–water partition coefficient (Wildman–Crippen LogP) is 0.527. The fourth-order valence-corrected chi connectivity index (χ4v) is 2.99. The van der Waals surface area contributed by atoms with Crippen molar-refractivity contribution in [2.24, 2.45) is 5.73 Å². The lowest BCUT2D eigenvalue weighted by molar-refractivity contribution is 0.387. The third-order valence-electron chi connectivity index (χ3n) is 2.93. The van der Waals surface area contributed by atoms with E-state index in [1.54, 1.807) is 19.2 Å². The summed E-state index contributed by atoms with van der Waals surface area (Å²) in [5.74, 6) is 0.687. The van der Waals surface area contributed by atoms with E-state index >= 15 is 0 Å². The van der Waals surface area contributed by atoms with E-state index in [0.29, 0.717) is 18.3 Å². The van der Waals surface area contributed by atoms with Crippen molar-refractivity contribution in [1.82, 2.24) is 19.4 Å². The van der Waals surface area contributed by atoms with Crippen molar-refractivity contribution in [2.75, 3.05) is 0 Å². The van der Waals surface area contributed by atoms with Crippen LogP contribution in [0.4, 0.5) is 0 Å². The monoisotopic (exact) mass is 313 g/mol. The summed E-state index contributed by atoms with van der Waals surface area (Å²) in [4.78, 5) is 4.14. The SMILES string of the molecule is CCCn1cc(S(=O)(=O)NCc2noc(C)n2)cc1CN. The minimum Gasteiger partial charge on any atom is -0.349 e. The number of sulfonamides is 1. The lowest BCUT2D eigenvalue weighted by atomic mass is 10.4. The van der Waals surface area contributed by atoms with Crippen LogP contribution in [0.3, 0.4) is 0 Å². The van der Waals surface area contributed by atoms with Gasteiger partial charge in [0, 0.05) is 31.9 Å². The third kappa shape index (κ3) is 3.69. The number of hydrogen-bond acceptors (Lipinski definition) is 6. The molecule has 0 bridgehead atoms. The molecule has 8 nitrogen and oxygen atoms in total. The molecule has 116 valence electrons. The van der Waals surface area contributed by atoms with Crippen LogP contribution in [0.25, 0.3) is 0 Å². The van der Waals surface area contributed by atoms with Gasteiger partial charge in [-0.05, 0) is 12.5 Å². The van der Waals surface area contributed by atoms with Crippen LogP contribution in [0.15, 0.2) is 21.7 Å². The summed E-state index contributed by atoms with van der Waals surface area (Å²) in [6.45, 7) is 4.66. The summed E-state index contributed by atoms with van der Waals surface area (Å²) >= 11 is 0. The lowest BCUT2D eigenvalue weighted by Crippen LogP contribution is -2.23. The zero-order chi connectivity index (χ0) is 15.5. The highest BCUT2D eigenvalue weighted by atomic mass is 32.2. The molecular formula is C12H19N5O3S. The Balaban J connectivity index is 2.15. The highest BCUT2D eigenvalue weighted by Gasteiger charge is 2.18. The van der Waals surface area contributed by atoms with E-state index in [4.69, 9.17) is 10.3 Å². The Bertz CT molecular complexity index is 704. The molecule has 0 fully saturated rings. The first kappa shape index (κ1) is 15.7. The molecule has 3 N–H and O–H groups in total. The molecule has 0 aromatic carbocycles. The van der Waals surface area contributed by atoms with Crippen LogP contribution in [0, 0.1) is 6.92 Å². The predicted molar refractivity (Wildman–Crippen MR) is 75.7 cm³/mol. The molecule has 0 radical (unpaired) electrons. The minimum atomic E-state index is -3.63. The maximum atomic E-state index is 12.2. The summed E-state index contributed by atoms with van der Waals surface area (Å²) in [5, 5.41) is 3.64. The van der Waals surface area contributed by atoms with Gasteiger partial charge in [-0.3, -0.25) is 0 Å². The van der Waals surface area contributed by atoms with Crippen molar-refractivity contribution < 1.29 is 12.9 Å².